The van der Waals surface area contributed by atoms with Gasteiger partial charge in [0.15, 0.2) is 0 Å². The van der Waals surface area contributed by atoms with Gasteiger partial charge in [0.25, 0.3) is 0 Å². The normalized spacial score (nSPS) is 7.50. The van der Waals surface area contributed by atoms with Crippen molar-refractivity contribution in [3.8, 4) is 0 Å². The largest absolute Gasteiger partial charge is 0.208 e. The molecule has 8 heavy (non-hydrogen) atoms. The van der Waals surface area contributed by atoms with Crippen LogP contribution in [0.4, 0.5) is 0 Å². The first-order valence-corrected chi connectivity index (χ1v) is 1.78. The number of nitrogens with zero attached hydrogens (tertiary/aromatic N) is 4. The zero-order chi connectivity index (χ0) is 5.11. The Morgan fingerprint density at radius 1 is 1.62 bits per heavy atom. The second kappa shape index (κ2) is 3.15. The summed E-state index contributed by atoms with van der Waals surface area (Å²) in [6.45, 7) is 3.42. The summed E-state index contributed by atoms with van der Waals surface area (Å²) < 4.78 is 1.42. The van der Waals surface area contributed by atoms with E-state index in [0.717, 1.165) is 0 Å². The first-order chi connectivity index (χ1) is 3.43. The monoisotopic (exact) mass is 132 g/mol. The zero-order valence-electron chi connectivity index (χ0n) is 4.06. The first kappa shape index (κ1) is 7.10. The minimum absolute atomic E-state index is 0. The Morgan fingerprint density at radius 2 is 2.38 bits per heavy atom. The molecule has 0 radical (unpaired) electrons. The van der Waals surface area contributed by atoms with E-state index < -0.39 is 0 Å². The highest BCUT2D eigenvalue weighted by Gasteiger charge is 1.76. The number of aromatic nitrogens is 4. The lowest BCUT2D eigenvalue weighted by Crippen LogP contribution is -1.83. The Morgan fingerprint density at radius 3 is 2.62 bits per heavy atom. The molecule has 1 aromatic heterocycles. The summed E-state index contributed by atoms with van der Waals surface area (Å²) in [7, 11) is 0. The minimum atomic E-state index is 0. The molecule has 4 nitrogen and oxygen atoms in total. The van der Waals surface area contributed by atoms with E-state index in [2.05, 4.69) is 22.1 Å². The fourth-order valence-corrected chi connectivity index (χ4v) is 0.252. The molecule has 0 saturated carbocycles. The molecular formula is C3H5ClN4. The van der Waals surface area contributed by atoms with Gasteiger partial charge in [-0.15, -0.1) is 17.5 Å². The van der Waals surface area contributed by atoms with Crippen LogP contribution in [0.1, 0.15) is 0 Å². The lowest BCUT2D eigenvalue weighted by atomic mass is 11.0. The van der Waals surface area contributed by atoms with Gasteiger partial charge in [0.1, 0.15) is 6.33 Å². The molecule has 0 aliphatic rings. The summed E-state index contributed by atoms with van der Waals surface area (Å²) in [5.41, 5.74) is 0. The third kappa shape index (κ3) is 1.31. The van der Waals surface area contributed by atoms with Gasteiger partial charge in [0, 0.05) is 6.20 Å². The molecule has 1 rings (SSSR count). The van der Waals surface area contributed by atoms with E-state index >= 15 is 0 Å². The van der Waals surface area contributed by atoms with Crippen LogP contribution in [-0.2, 0) is 0 Å². The summed E-state index contributed by atoms with van der Waals surface area (Å²) in [6, 6.07) is 0. The Labute approximate surface area is 52.6 Å². The summed E-state index contributed by atoms with van der Waals surface area (Å²) >= 11 is 0. The van der Waals surface area contributed by atoms with Crippen molar-refractivity contribution in [1.29, 1.82) is 0 Å². The molecule has 0 aromatic carbocycles. The summed E-state index contributed by atoms with van der Waals surface area (Å²) in [6.07, 6.45) is 2.98. The van der Waals surface area contributed by atoms with E-state index in [4.69, 9.17) is 0 Å². The highest BCUT2D eigenvalue weighted by Crippen LogP contribution is 1.70. The van der Waals surface area contributed by atoms with Gasteiger partial charge in [0.2, 0.25) is 0 Å². The minimum Gasteiger partial charge on any atom is -0.208 e. The Bertz CT molecular complexity index is 146. The summed E-state index contributed by atoms with van der Waals surface area (Å²) in [5.74, 6) is 0. The van der Waals surface area contributed by atoms with Gasteiger partial charge in [-0.25, -0.2) is 4.68 Å². The molecule has 0 N–H and O–H groups in total. The molecule has 0 spiro atoms. The Kier molecular flexibility index (Phi) is 2.79. The van der Waals surface area contributed by atoms with E-state index in [1.165, 1.54) is 17.2 Å². The number of hydrogen-bond donors (Lipinski definition) is 0. The fourth-order valence-electron chi connectivity index (χ4n) is 0.252. The molecule has 0 atom stereocenters. The lowest BCUT2D eigenvalue weighted by Gasteiger charge is -1.75. The molecule has 5 heteroatoms. The van der Waals surface area contributed by atoms with Gasteiger partial charge < -0.3 is 0 Å². The Balaban J connectivity index is 0.000000490. The van der Waals surface area contributed by atoms with Crippen molar-refractivity contribution >= 4 is 18.6 Å². The predicted molar refractivity (Wildman–Crippen MR) is 31.5 cm³/mol. The van der Waals surface area contributed by atoms with Crippen molar-refractivity contribution in [1.82, 2.24) is 20.2 Å². The maximum atomic E-state index is 3.47. The van der Waals surface area contributed by atoms with Crippen molar-refractivity contribution in [3.05, 3.63) is 12.9 Å². The maximum Gasteiger partial charge on any atom is 0.143 e. The highest BCUT2D eigenvalue weighted by atomic mass is 35.5. The SMILES string of the molecule is C=Cn1cnnn1.Cl. The van der Waals surface area contributed by atoms with Crippen LogP contribution in [0.3, 0.4) is 0 Å². The quantitative estimate of drug-likeness (QED) is 0.548. The average Bonchev–Trinajstić information content (AvgIpc) is 2.14. The van der Waals surface area contributed by atoms with Crippen molar-refractivity contribution < 1.29 is 0 Å². The maximum absolute atomic E-state index is 3.47. The van der Waals surface area contributed by atoms with E-state index in [-0.39, 0.29) is 12.4 Å². The summed E-state index contributed by atoms with van der Waals surface area (Å²) in [4.78, 5) is 0. The van der Waals surface area contributed by atoms with Crippen LogP contribution in [0.15, 0.2) is 12.9 Å². The van der Waals surface area contributed by atoms with Gasteiger partial charge in [0.05, 0.1) is 0 Å². The van der Waals surface area contributed by atoms with Crippen LogP contribution in [0.25, 0.3) is 6.20 Å². The van der Waals surface area contributed by atoms with Crippen LogP contribution in [0.2, 0.25) is 0 Å². The standard InChI is InChI=1S/C3H4N4.ClH/c1-2-7-3-4-5-6-7;/h2-3H,1H2;1H. The second-order valence-electron chi connectivity index (χ2n) is 0.972. The number of tetrazole rings is 1. The van der Waals surface area contributed by atoms with Crippen molar-refractivity contribution in [2.24, 2.45) is 0 Å². The smallest absolute Gasteiger partial charge is 0.143 e. The van der Waals surface area contributed by atoms with Crippen LogP contribution in [-0.4, -0.2) is 20.2 Å². The van der Waals surface area contributed by atoms with Crippen molar-refractivity contribution in [3.63, 3.8) is 0 Å². The van der Waals surface area contributed by atoms with E-state index in [1.54, 1.807) is 0 Å². The first-order valence-electron chi connectivity index (χ1n) is 1.78. The molecule has 0 aliphatic carbocycles. The van der Waals surface area contributed by atoms with Crippen LogP contribution in [0, 0.1) is 0 Å². The van der Waals surface area contributed by atoms with Gasteiger partial charge in [-0.1, -0.05) is 6.58 Å². The molecule has 0 unspecified atom stereocenters. The average molecular weight is 133 g/mol. The Hall–Kier alpha value is -0.900. The molecule has 44 valence electrons. The molecule has 1 heterocycles. The van der Waals surface area contributed by atoms with Crippen molar-refractivity contribution in [2.75, 3.05) is 0 Å². The molecule has 0 saturated heterocycles. The lowest BCUT2D eigenvalue weighted by molar-refractivity contribution is 0.819. The summed E-state index contributed by atoms with van der Waals surface area (Å²) in [5, 5.41) is 10.2. The topological polar surface area (TPSA) is 43.6 Å². The van der Waals surface area contributed by atoms with E-state index in [9.17, 15) is 0 Å². The van der Waals surface area contributed by atoms with Gasteiger partial charge in [-0.05, 0) is 10.4 Å². The van der Waals surface area contributed by atoms with E-state index in [0.29, 0.717) is 0 Å². The molecule has 0 aliphatic heterocycles. The van der Waals surface area contributed by atoms with Crippen LogP contribution >= 0.6 is 12.4 Å². The fraction of sp³-hybridized carbons (Fsp3) is 0. The number of rotatable bonds is 1. The predicted octanol–water partition coefficient (Wildman–Crippen LogP) is 0.195. The van der Waals surface area contributed by atoms with Crippen LogP contribution < -0.4 is 0 Å². The highest BCUT2D eigenvalue weighted by molar-refractivity contribution is 5.85. The molecular weight excluding hydrogens is 128 g/mol. The molecule has 0 bridgehead atoms. The van der Waals surface area contributed by atoms with Crippen LogP contribution in [0.5, 0.6) is 0 Å². The molecule has 0 fully saturated rings. The third-order valence-electron chi connectivity index (χ3n) is 0.552. The molecule has 1 aromatic rings. The molecule has 0 amide bonds. The van der Waals surface area contributed by atoms with Gasteiger partial charge in [-0.2, -0.15) is 0 Å². The zero-order valence-corrected chi connectivity index (χ0v) is 4.88. The van der Waals surface area contributed by atoms with Gasteiger partial charge in [-0.3, -0.25) is 0 Å². The van der Waals surface area contributed by atoms with Gasteiger partial charge >= 0.3 is 0 Å². The second-order valence-corrected chi connectivity index (χ2v) is 0.972. The number of hydrogen-bond acceptors (Lipinski definition) is 3. The van der Waals surface area contributed by atoms with E-state index in [1.807, 2.05) is 0 Å². The third-order valence-corrected chi connectivity index (χ3v) is 0.552. The van der Waals surface area contributed by atoms with Crippen molar-refractivity contribution in [2.45, 2.75) is 0 Å². The number of halogens is 1.